The van der Waals surface area contributed by atoms with Crippen molar-refractivity contribution in [2.75, 3.05) is 0 Å². The normalized spacial score (nSPS) is 16.7. The lowest BCUT2D eigenvalue weighted by Gasteiger charge is -2.33. The van der Waals surface area contributed by atoms with Gasteiger partial charge in [-0.1, -0.05) is 26.2 Å². The second-order valence-corrected chi connectivity index (χ2v) is 7.07. The van der Waals surface area contributed by atoms with Crippen molar-refractivity contribution in [1.82, 2.24) is 4.90 Å². The van der Waals surface area contributed by atoms with Crippen LogP contribution < -0.4 is 0 Å². The topological polar surface area (TPSA) is 80.8 Å². The predicted molar refractivity (Wildman–Crippen MR) is 97.8 cm³/mol. The van der Waals surface area contributed by atoms with Crippen molar-refractivity contribution in [3.05, 3.63) is 46.5 Å². The zero-order chi connectivity index (χ0) is 19.3. The summed E-state index contributed by atoms with van der Waals surface area (Å²) in [6.07, 6.45) is 3.79. The first-order valence-electron chi connectivity index (χ1n) is 9.19. The summed E-state index contributed by atoms with van der Waals surface area (Å²) in [6.45, 7) is 3.98. The Morgan fingerprint density at radius 3 is 1.81 bits per heavy atom. The monoisotopic (exact) mass is 365 g/mol. The summed E-state index contributed by atoms with van der Waals surface area (Å²) in [5.41, 5.74) is 1.09. The molecule has 0 aromatic heterocycles. The average Bonchev–Trinajstić information content (AvgIpc) is 2.64. The molecule has 1 unspecified atom stereocenters. The Kier molecular flexibility index (Phi) is 4.06. The fourth-order valence-corrected chi connectivity index (χ4v) is 3.96. The minimum Gasteiger partial charge on any atom is -0.386 e. The van der Waals surface area contributed by atoms with Crippen molar-refractivity contribution in [1.29, 1.82) is 0 Å². The van der Waals surface area contributed by atoms with Crippen molar-refractivity contribution in [3.63, 3.8) is 0 Å². The van der Waals surface area contributed by atoms with Gasteiger partial charge in [0.05, 0.1) is 11.1 Å². The first kappa shape index (κ1) is 17.4. The molecule has 27 heavy (non-hydrogen) atoms. The minimum absolute atomic E-state index is 0.204. The fraction of sp³-hybridized carbons (Fsp3) is 0.333. The van der Waals surface area contributed by atoms with E-state index in [0.717, 1.165) is 25.7 Å². The molecule has 0 radical (unpaired) electrons. The number of unbranched alkanes of at least 4 members (excludes halogenated alkanes) is 2. The van der Waals surface area contributed by atoms with Gasteiger partial charge in [0, 0.05) is 27.9 Å². The molecule has 2 heterocycles. The van der Waals surface area contributed by atoms with Gasteiger partial charge in [0.25, 0.3) is 11.8 Å². The summed E-state index contributed by atoms with van der Waals surface area (Å²) in [4.78, 5) is 51.6. The molecule has 0 fully saturated rings. The molecule has 2 aromatic rings. The van der Waals surface area contributed by atoms with Crippen LogP contribution in [0.4, 0.5) is 0 Å². The molecule has 6 nitrogen and oxygen atoms in total. The van der Waals surface area contributed by atoms with E-state index >= 15 is 0 Å². The zero-order valence-electron chi connectivity index (χ0n) is 15.2. The molecule has 2 aliphatic rings. The van der Waals surface area contributed by atoms with Crippen LogP contribution >= 0.6 is 0 Å². The zero-order valence-corrected chi connectivity index (χ0v) is 15.2. The number of hydrogen-bond donors (Lipinski definition) is 0. The van der Waals surface area contributed by atoms with Crippen LogP contribution in [-0.2, 0) is 4.74 Å². The number of hydrogen-bond acceptors (Lipinski definition) is 5. The highest BCUT2D eigenvalue weighted by molar-refractivity contribution is 6.31. The summed E-state index contributed by atoms with van der Waals surface area (Å²) in [5.74, 6) is -2.28. The lowest BCUT2D eigenvalue weighted by atomic mass is 9.87. The molecule has 0 spiro atoms. The van der Waals surface area contributed by atoms with Crippen LogP contribution in [0.2, 0.25) is 0 Å². The van der Waals surface area contributed by atoms with Crippen molar-refractivity contribution < 1.29 is 23.9 Å². The molecule has 4 rings (SSSR count). The Morgan fingerprint density at radius 1 is 0.815 bits per heavy atom. The van der Waals surface area contributed by atoms with Crippen LogP contribution in [0.25, 0.3) is 10.8 Å². The molecule has 0 aliphatic carbocycles. The van der Waals surface area contributed by atoms with E-state index in [0.29, 0.717) is 21.9 Å². The van der Waals surface area contributed by atoms with Crippen LogP contribution in [0.1, 0.15) is 81.0 Å². The SMILES string of the molecule is CCCCCC(C)N1C(=O)c2ccc3c4c(ccc(c24)C1=O)C(=O)OC3=O. The van der Waals surface area contributed by atoms with Crippen molar-refractivity contribution >= 4 is 34.5 Å². The van der Waals surface area contributed by atoms with Gasteiger partial charge >= 0.3 is 11.9 Å². The van der Waals surface area contributed by atoms with Crippen molar-refractivity contribution in [2.24, 2.45) is 0 Å². The quantitative estimate of drug-likeness (QED) is 0.349. The maximum atomic E-state index is 13.1. The maximum absolute atomic E-state index is 13.1. The van der Waals surface area contributed by atoms with E-state index < -0.39 is 11.9 Å². The van der Waals surface area contributed by atoms with E-state index in [1.165, 1.54) is 17.0 Å². The molecule has 1 atom stereocenters. The van der Waals surface area contributed by atoms with Crippen molar-refractivity contribution in [3.8, 4) is 0 Å². The van der Waals surface area contributed by atoms with Gasteiger partial charge in [-0.05, 0) is 37.6 Å². The summed E-state index contributed by atoms with van der Waals surface area (Å²) < 4.78 is 4.74. The third-order valence-electron chi connectivity index (χ3n) is 5.35. The maximum Gasteiger partial charge on any atom is 0.346 e. The van der Waals surface area contributed by atoms with E-state index in [2.05, 4.69) is 6.92 Å². The van der Waals surface area contributed by atoms with Gasteiger partial charge in [-0.25, -0.2) is 9.59 Å². The third-order valence-corrected chi connectivity index (χ3v) is 5.35. The van der Waals surface area contributed by atoms with E-state index in [4.69, 9.17) is 4.74 Å². The summed E-state index contributed by atoms with van der Waals surface area (Å²) in [7, 11) is 0. The Balaban J connectivity index is 1.87. The molecule has 2 aliphatic heterocycles. The smallest absolute Gasteiger partial charge is 0.346 e. The van der Waals surface area contributed by atoms with Gasteiger partial charge < -0.3 is 4.74 Å². The number of ether oxygens (including phenoxy) is 1. The number of imide groups is 1. The number of nitrogens with zero attached hydrogens (tertiary/aromatic N) is 1. The number of carbonyl (C=O) groups is 4. The molecular formula is C21H19NO5. The lowest BCUT2D eigenvalue weighted by Crippen LogP contribution is -2.46. The molecule has 0 saturated carbocycles. The number of rotatable bonds is 5. The number of carbonyl (C=O) groups excluding carboxylic acids is 4. The van der Waals surface area contributed by atoms with Crippen molar-refractivity contribution in [2.45, 2.75) is 45.6 Å². The minimum atomic E-state index is -0.758. The van der Waals surface area contributed by atoms with Crippen LogP contribution in [0, 0.1) is 0 Å². The second-order valence-electron chi connectivity index (χ2n) is 7.07. The van der Waals surface area contributed by atoms with Crippen LogP contribution in [0.5, 0.6) is 0 Å². The van der Waals surface area contributed by atoms with Gasteiger partial charge in [0.15, 0.2) is 0 Å². The summed E-state index contributed by atoms with van der Waals surface area (Å²) in [5, 5.41) is 0.716. The van der Waals surface area contributed by atoms with Gasteiger partial charge in [-0.2, -0.15) is 0 Å². The largest absolute Gasteiger partial charge is 0.386 e. The lowest BCUT2D eigenvalue weighted by molar-refractivity contribution is 0.0387. The molecule has 138 valence electrons. The number of amides is 2. The van der Waals surface area contributed by atoms with Crippen LogP contribution in [0.3, 0.4) is 0 Å². The summed E-state index contributed by atoms with van der Waals surface area (Å²) in [6, 6.07) is 5.85. The second kappa shape index (κ2) is 6.30. The fourth-order valence-electron chi connectivity index (χ4n) is 3.96. The highest BCUT2D eigenvalue weighted by atomic mass is 16.6. The number of cyclic esters (lactones) is 2. The summed E-state index contributed by atoms with van der Waals surface area (Å²) >= 11 is 0. The first-order chi connectivity index (χ1) is 13.0. The third kappa shape index (κ3) is 2.47. The molecule has 0 saturated heterocycles. The molecule has 2 aromatic carbocycles. The average molecular weight is 365 g/mol. The van der Waals surface area contributed by atoms with E-state index in [1.54, 1.807) is 12.1 Å². The van der Waals surface area contributed by atoms with Crippen LogP contribution in [0.15, 0.2) is 24.3 Å². The Morgan fingerprint density at radius 2 is 1.30 bits per heavy atom. The van der Waals surface area contributed by atoms with Gasteiger partial charge in [-0.3, -0.25) is 14.5 Å². The Bertz CT molecular complexity index is 954. The molecule has 2 amide bonds. The van der Waals surface area contributed by atoms with E-state index in [-0.39, 0.29) is 29.0 Å². The van der Waals surface area contributed by atoms with Gasteiger partial charge in [-0.15, -0.1) is 0 Å². The molecule has 0 bridgehead atoms. The standard InChI is InChI=1S/C21H19NO5/c1-3-4-5-6-11(2)22-18(23)12-7-9-14-17-15(21(26)27-20(14)25)10-8-13(16(12)17)19(22)24/h7-11H,3-6H2,1-2H3. The van der Waals surface area contributed by atoms with Gasteiger partial charge in [0.2, 0.25) is 0 Å². The van der Waals surface area contributed by atoms with E-state index in [9.17, 15) is 19.2 Å². The van der Waals surface area contributed by atoms with Gasteiger partial charge in [0.1, 0.15) is 0 Å². The first-order valence-corrected chi connectivity index (χ1v) is 9.19. The Hall–Kier alpha value is -3.02. The van der Waals surface area contributed by atoms with Crippen LogP contribution in [-0.4, -0.2) is 34.7 Å². The molecule has 6 heteroatoms. The highest BCUT2D eigenvalue weighted by Gasteiger charge is 2.39. The molecular weight excluding hydrogens is 346 g/mol. The predicted octanol–water partition coefficient (Wildman–Crippen LogP) is 3.72. The Labute approximate surface area is 156 Å². The number of benzene rings is 2. The molecule has 0 N–H and O–H groups in total. The number of esters is 2. The van der Waals surface area contributed by atoms with E-state index in [1.807, 2.05) is 6.92 Å². The highest BCUT2D eigenvalue weighted by Crippen LogP contribution is 2.37.